The molecule has 0 spiro atoms. The number of carbonyl (C=O) groups is 2. The van der Waals surface area contributed by atoms with Gasteiger partial charge in [0.1, 0.15) is 6.54 Å². The summed E-state index contributed by atoms with van der Waals surface area (Å²) in [6.07, 6.45) is 14.9. The van der Waals surface area contributed by atoms with E-state index in [1.165, 1.54) is 0 Å². The van der Waals surface area contributed by atoms with E-state index in [1.54, 1.807) is 6.07 Å². The molecule has 6 nitrogen and oxygen atoms in total. The second-order valence-corrected chi connectivity index (χ2v) is 7.30. The summed E-state index contributed by atoms with van der Waals surface area (Å²) in [5, 5.41) is 14.6. The van der Waals surface area contributed by atoms with Crippen molar-refractivity contribution in [2.75, 3.05) is 6.54 Å². The van der Waals surface area contributed by atoms with E-state index in [0.29, 0.717) is 5.56 Å². The molecule has 1 aromatic rings. The molecule has 0 radical (unpaired) electrons. The summed E-state index contributed by atoms with van der Waals surface area (Å²) >= 11 is 0. The van der Waals surface area contributed by atoms with Gasteiger partial charge in [-0.1, -0.05) is 43.5 Å². The number of carboxylic acid groups (broad SMARTS) is 1. The molecule has 148 valence electrons. The topological polar surface area (TPSA) is 104 Å². The second kappa shape index (κ2) is 8.89. The Kier molecular flexibility index (Phi) is 6.31. The quantitative estimate of drug-likeness (QED) is 0.587. The van der Waals surface area contributed by atoms with Crippen molar-refractivity contribution in [2.24, 2.45) is 5.73 Å². The van der Waals surface area contributed by atoms with Gasteiger partial charge < -0.3 is 21.5 Å². The molecule has 1 saturated carbocycles. The summed E-state index contributed by atoms with van der Waals surface area (Å²) in [6, 6.07) is 7.31. The average Bonchev–Trinajstić information content (AvgIpc) is 3.08. The Labute approximate surface area is 165 Å². The Morgan fingerprint density at radius 3 is 2.89 bits per heavy atom. The van der Waals surface area contributed by atoms with Gasteiger partial charge in [-0.2, -0.15) is 0 Å². The lowest BCUT2D eigenvalue weighted by Gasteiger charge is -2.41. The van der Waals surface area contributed by atoms with Crippen molar-refractivity contribution in [1.29, 1.82) is 0 Å². The van der Waals surface area contributed by atoms with Gasteiger partial charge >= 0.3 is 5.97 Å². The molecule has 3 rings (SSSR count). The van der Waals surface area contributed by atoms with E-state index in [1.807, 2.05) is 42.6 Å². The number of carboxylic acids is 1. The van der Waals surface area contributed by atoms with Crippen molar-refractivity contribution in [3.8, 4) is 0 Å². The molecule has 1 heterocycles. The third kappa shape index (κ3) is 4.17. The van der Waals surface area contributed by atoms with E-state index in [9.17, 15) is 9.59 Å². The summed E-state index contributed by atoms with van der Waals surface area (Å²) in [7, 11) is 0. The molecule has 1 aromatic carbocycles. The highest BCUT2D eigenvalue weighted by Gasteiger charge is 2.42. The van der Waals surface area contributed by atoms with Gasteiger partial charge in [-0.15, -0.1) is 0 Å². The molecule has 2 atom stereocenters. The van der Waals surface area contributed by atoms with Crippen LogP contribution in [0.25, 0.3) is 0 Å². The van der Waals surface area contributed by atoms with Gasteiger partial charge in [0.05, 0.1) is 5.41 Å². The lowest BCUT2D eigenvalue weighted by Crippen LogP contribution is -2.49. The molecule has 0 saturated heterocycles. The number of benzene rings is 1. The molecule has 28 heavy (non-hydrogen) atoms. The highest BCUT2D eigenvalue weighted by molar-refractivity contribution is 5.96. The maximum Gasteiger partial charge on any atom is 0.322 e. The van der Waals surface area contributed by atoms with Gasteiger partial charge in [-0.3, -0.25) is 9.59 Å². The molecule has 2 aliphatic rings. The lowest BCUT2D eigenvalue weighted by molar-refractivity contribution is -0.135. The molecule has 5 N–H and O–H groups in total. The minimum Gasteiger partial charge on any atom is -0.480 e. The summed E-state index contributed by atoms with van der Waals surface area (Å²) in [4.78, 5) is 23.2. The van der Waals surface area contributed by atoms with E-state index in [4.69, 9.17) is 10.8 Å². The number of rotatable bonds is 5. The number of carbonyl (C=O) groups excluding carboxylic acids is 1. The van der Waals surface area contributed by atoms with Crippen molar-refractivity contribution in [3.05, 3.63) is 71.6 Å². The van der Waals surface area contributed by atoms with Crippen LogP contribution in [0.4, 0.5) is 0 Å². The predicted octanol–water partition coefficient (Wildman–Crippen LogP) is 2.59. The van der Waals surface area contributed by atoms with Crippen LogP contribution in [0.2, 0.25) is 0 Å². The highest BCUT2D eigenvalue weighted by Crippen LogP contribution is 2.43. The number of aliphatic carboxylic acids is 1. The molecule has 0 bridgehead atoms. The van der Waals surface area contributed by atoms with Crippen LogP contribution in [0.15, 0.2) is 60.5 Å². The van der Waals surface area contributed by atoms with Gasteiger partial charge in [0, 0.05) is 23.5 Å². The van der Waals surface area contributed by atoms with Gasteiger partial charge in [-0.05, 0) is 42.7 Å². The number of nitrogens with two attached hydrogens (primary N) is 1. The lowest BCUT2D eigenvalue weighted by atomic mass is 9.68. The monoisotopic (exact) mass is 381 g/mol. The third-order valence-corrected chi connectivity index (χ3v) is 5.56. The third-order valence-electron chi connectivity index (χ3n) is 5.56. The average molecular weight is 381 g/mol. The number of allylic oxidation sites excluding steroid dienone is 4. The van der Waals surface area contributed by atoms with E-state index >= 15 is 0 Å². The van der Waals surface area contributed by atoms with Crippen LogP contribution in [0, 0.1) is 0 Å². The number of hydrogen-bond acceptors (Lipinski definition) is 4. The first-order valence-electron chi connectivity index (χ1n) is 9.70. The first-order valence-corrected chi connectivity index (χ1v) is 9.70. The minimum atomic E-state index is -1.07. The summed E-state index contributed by atoms with van der Waals surface area (Å²) in [6.45, 7) is -0.407. The molecule has 1 amide bonds. The van der Waals surface area contributed by atoms with Gasteiger partial charge in [0.25, 0.3) is 5.91 Å². The summed E-state index contributed by atoms with van der Waals surface area (Å²) in [5.74, 6) is -1.47. The van der Waals surface area contributed by atoms with E-state index < -0.39 is 23.8 Å². The Bertz CT molecular complexity index is 828. The molecular weight excluding hydrogens is 354 g/mol. The fraction of sp³-hybridized carbons (Fsp3) is 0.364. The van der Waals surface area contributed by atoms with Crippen LogP contribution in [-0.4, -0.2) is 29.6 Å². The van der Waals surface area contributed by atoms with Gasteiger partial charge in [0.15, 0.2) is 0 Å². The highest BCUT2D eigenvalue weighted by atomic mass is 16.4. The maximum absolute atomic E-state index is 12.4. The SMILES string of the molecule is NC1CCCCCC1(C1=CC=CC=CN1)c1cccc(C(=O)NCC(=O)O)c1. The van der Waals surface area contributed by atoms with Crippen molar-refractivity contribution < 1.29 is 14.7 Å². The molecule has 1 fully saturated rings. The zero-order valence-corrected chi connectivity index (χ0v) is 15.9. The number of hydrogen-bond donors (Lipinski definition) is 4. The van der Waals surface area contributed by atoms with Crippen LogP contribution >= 0.6 is 0 Å². The van der Waals surface area contributed by atoms with Crippen LogP contribution in [0.3, 0.4) is 0 Å². The number of nitrogens with one attached hydrogen (secondary N) is 2. The summed E-state index contributed by atoms with van der Waals surface area (Å²) in [5.41, 5.74) is 8.76. The van der Waals surface area contributed by atoms with Gasteiger partial charge in [0.2, 0.25) is 0 Å². The van der Waals surface area contributed by atoms with Crippen LogP contribution < -0.4 is 16.4 Å². The predicted molar refractivity (Wildman–Crippen MR) is 109 cm³/mol. The Morgan fingerprint density at radius 1 is 1.21 bits per heavy atom. The fourth-order valence-corrected chi connectivity index (χ4v) is 4.16. The van der Waals surface area contributed by atoms with Gasteiger partial charge in [-0.25, -0.2) is 0 Å². The van der Waals surface area contributed by atoms with E-state index in [0.717, 1.165) is 43.4 Å². The molecular formula is C22H27N3O3. The zero-order valence-electron chi connectivity index (χ0n) is 15.9. The Balaban J connectivity index is 2.03. The van der Waals surface area contributed by atoms with Crippen molar-refractivity contribution >= 4 is 11.9 Å². The van der Waals surface area contributed by atoms with Crippen molar-refractivity contribution in [1.82, 2.24) is 10.6 Å². The molecule has 6 heteroatoms. The smallest absolute Gasteiger partial charge is 0.322 e. The first-order chi connectivity index (χ1) is 13.5. The van der Waals surface area contributed by atoms with Crippen molar-refractivity contribution in [2.45, 2.75) is 43.6 Å². The Morgan fingerprint density at radius 2 is 2.07 bits per heavy atom. The fourth-order valence-electron chi connectivity index (χ4n) is 4.16. The largest absolute Gasteiger partial charge is 0.480 e. The standard InChI is InChI=1S/C22H27N3O3/c23-18-10-3-1-5-12-22(18,19-11-4-2-6-13-24-19)17-9-7-8-16(14-17)21(28)25-15-20(26)27/h2,4,6-9,11,13-14,18,24H,1,3,5,10,12,15,23H2,(H,25,28)(H,26,27). The van der Waals surface area contributed by atoms with Crippen LogP contribution in [-0.2, 0) is 10.2 Å². The summed E-state index contributed by atoms with van der Waals surface area (Å²) < 4.78 is 0. The normalized spacial score (nSPS) is 24.5. The van der Waals surface area contributed by atoms with Crippen LogP contribution in [0.5, 0.6) is 0 Å². The zero-order chi connectivity index (χ0) is 20.0. The molecule has 2 unspecified atom stereocenters. The van der Waals surface area contributed by atoms with E-state index in [-0.39, 0.29) is 6.04 Å². The van der Waals surface area contributed by atoms with E-state index in [2.05, 4.69) is 16.7 Å². The Hall–Kier alpha value is -2.86. The molecule has 1 aliphatic carbocycles. The first kappa shape index (κ1) is 19.9. The molecule has 1 aliphatic heterocycles. The molecule has 0 aromatic heterocycles. The van der Waals surface area contributed by atoms with Crippen LogP contribution in [0.1, 0.15) is 48.0 Å². The minimum absolute atomic E-state index is 0.0917. The second-order valence-electron chi connectivity index (χ2n) is 7.30. The van der Waals surface area contributed by atoms with Crippen molar-refractivity contribution in [3.63, 3.8) is 0 Å². The maximum atomic E-state index is 12.4. The number of amides is 1.